The largest absolute Gasteiger partial charge is 0.490 e. The van der Waals surface area contributed by atoms with Crippen molar-refractivity contribution in [3.63, 3.8) is 0 Å². The number of nitrogens with one attached hydrogen (secondary N) is 2. The van der Waals surface area contributed by atoms with Crippen LogP contribution in [0.25, 0.3) is 11.3 Å². The molecule has 2 aliphatic rings. The second kappa shape index (κ2) is 39.9. The van der Waals surface area contributed by atoms with Gasteiger partial charge in [0.2, 0.25) is 17.7 Å². The van der Waals surface area contributed by atoms with Crippen LogP contribution >= 0.6 is 0 Å². The van der Waals surface area contributed by atoms with Gasteiger partial charge in [0.15, 0.2) is 5.69 Å². The van der Waals surface area contributed by atoms with E-state index in [1.165, 1.54) is 11.0 Å². The fourth-order valence-corrected chi connectivity index (χ4v) is 9.38. The SMILES string of the molecule is CCOc1ccc(C(=O)N2CCN(c3ccc(-c4cccnc4OCC)nc3CNCCCOCCOCCOCCOCCNC(=O)CN3CCN(CC(=O)O)CCN(CC(=O)O)CCN(CC(=O)O)CC3)[C@H](CC)C2)c(C(F)(F)F)n1.O=C(O)C(F)(F)F. The summed E-state index contributed by atoms with van der Waals surface area (Å²) in [6, 6.07) is 9.77. The van der Waals surface area contributed by atoms with Crippen molar-refractivity contribution >= 4 is 41.4 Å². The summed E-state index contributed by atoms with van der Waals surface area (Å²) in [5.74, 6) is -6.62. The molecule has 3 aromatic heterocycles. The van der Waals surface area contributed by atoms with Crippen LogP contribution in [0.5, 0.6) is 11.8 Å². The topological polar surface area (TPSA) is 321 Å². The zero-order valence-corrected chi connectivity index (χ0v) is 50.8. The van der Waals surface area contributed by atoms with Crippen molar-refractivity contribution in [2.24, 2.45) is 0 Å². The third kappa shape index (κ3) is 28.0. The zero-order valence-electron chi connectivity index (χ0n) is 50.8. The van der Waals surface area contributed by atoms with Crippen molar-refractivity contribution in [2.75, 3.05) is 182 Å². The predicted molar refractivity (Wildman–Crippen MR) is 311 cm³/mol. The smallest absolute Gasteiger partial charge is 0.480 e. The van der Waals surface area contributed by atoms with E-state index in [4.69, 9.17) is 43.3 Å². The summed E-state index contributed by atoms with van der Waals surface area (Å²) < 4.78 is 108. The third-order valence-electron chi connectivity index (χ3n) is 13.7. The lowest BCUT2D eigenvalue weighted by atomic mass is 10.0. The molecule has 90 heavy (non-hydrogen) atoms. The number of carbonyl (C=O) groups excluding carboxylic acids is 2. The van der Waals surface area contributed by atoms with Crippen molar-refractivity contribution in [3.8, 4) is 23.0 Å². The third-order valence-corrected chi connectivity index (χ3v) is 13.7. The molecule has 5 heterocycles. The van der Waals surface area contributed by atoms with Gasteiger partial charge < -0.3 is 69.3 Å². The van der Waals surface area contributed by atoms with Crippen molar-refractivity contribution in [1.82, 2.24) is 50.1 Å². The van der Waals surface area contributed by atoms with Crippen molar-refractivity contribution in [3.05, 3.63) is 59.5 Å². The number of amides is 2. The Bertz CT molecular complexity index is 2670. The molecule has 0 aromatic carbocycles. The van der Waals surface area contributed by atoms with E-state index in [2.05, 4.69) is 25.5 Å². The van der Waals surface area contributed by atoms with Crippen LogP contribution in [0.4, 0.5) is 32.0 Å². The van der Waals surface area contributed by atoms with E-state index in [1.807, 2.05) is 43.0 Å². The average Bonchev–Trinajstić information content (AvgIpc) is 0.913. The van der Waals surface area contributed by atoms with Crippen molar-refractivity contribution < 1.29 is 104 Å². The Labute approximate surface area is 517 Å². The maximum absolute atomic E-state index is 14.2. The van der Waals surface area contributed by atoms with E-state index in [1.54, 1.807) is 27.8 Å². The molecular formula is C57H83F6N11O16. The number of pyridine rings is 3. The molecule has 2 fully saturated rings. The lowest BCUT2D eigenvalue weighted by molar-refractivity contribution is -0.192. The summed E-state index contributed by atoms with van der Waals surface area (Å²) >= 11 is 0. The van der Waals surface area contributed by atoms with Crippen LogP contribution in [-0.2, 0) is 55.6 Å². The highest BCUT2D eigenvalue weighted by Gasteiger charge is 2.41. The van der Waals surface area contributed by atoms with Gasteiger partial charge >= 0.3 is 36.2 Å². The van der Waals surface area contributed by atoms with E-state index >= 15 is 0 Å². The van der Waals surface area contributed by atoms with Crippen LogP contribution < -0.4 is 25.0 Å². The maximum atomic E-state index is 14.2. The average molecular weight is 1290 g/mol. The molecule has 2 aliphatic heterocycles. The highest BCUT2D eigenvalue weighted by Crippen LogP contribution is 2.35. The van der Waals surface area contributed by atoms with E-state index in [-0.39, 0.29) is 103 Å². The second-order valence-corrected chi connectivity index (χ2v) is 20.4. The maximum Gasteiger partial charge on any atom is 0.490 e. The molecule has 0 aliphatic carbocycles. The standard InChI is InChI=1S/C55H82F3N11O14.C2HF3O2/c1-4-41-36-68(54(77)43-10-13-48(82-5-2)63-52(43)55(56,57)58)25-26-69(41)46-12-11-44(42-9-7-15-61-53(42)83-6-3)62-45(46)35-59-14-8-27-78-29-31-80-33-34-81-32-30-79-28-16-60-47(70)37-64-17-19-65(38-49(71)72)21-23-67(40-51(75)76)24-22-66(20-18-64)39-50(73)74;3-2(4,5)1(6)7/h7,9-13,15,41,59H,4-6,8,14,16-40H2,1-3H3,(H,60,70)(H,71,72)(H,73,74)(H,75,76);(H,6,7)/t41-;/m1./s1. The number of rotatable bonds is 34. The lowest BCUT2D eigenvalue weighted by Gasteiger charge is -2.43. The highest BCUT2D eigenvalue weighted by molar-refractivity contribution is 5.96. The molecule has 1 atom stereocenters. The first kappa shape index (κ1) is 75.3. The number of ether oxygens (including phenoxy) is 6. The van der Waals surface area contributed by atoms with Crippen LogP contribution in [0.2, 0.25) is 0 Å². The Morgan fingerprint density at radius 2 is 1.13 bits per heavy atom. The van der Waals surface area contributed by atoms with Gasteiger partial charge in [-0.2, -0.15) is 26.3 Å². The number of alkyl halides is 6. The Morgan fingerprint density at radius 1 is 0.611 bits per heavy atom. The second-order valence-electron chi connectivity index (χ2n) is 20.4. The predicted octanol–water partition coefficient (Wildman–Crippen LogP) is 2.87. The van der Waals surface area contributed by atoms with Crippen LogP contribution in [0, 0.1) is 0 Å². The summed E-state index contributed by atoms with van der Waals surface area (Å²) in [5, 5.41) is 41.7. The normalized spacial score (nSPS) is 16.1. The molecule has 0 radical (unpaired) electrons. The quantitative estimate of drug-likeness (QED) is 0.0370. The first-order valence-electron chi connectivity index (χ1n) is 29.4. The Kier molecular flexibility index (Phi) is 33.4. The fraction of sp³-hybridized carbons (Fsp3) is 0.632. The number of halogens is 6. The molecule has 504 valence electrons. The number of aromatic nitrogens is 3. The van der Waals surface area contributed by atoms with Gasteiger partial charge in [-0.25, -0.2) is 19.7 Å². The summed E-state index contributed by atoms with van der Waals surface area (Å²) in [7, 11) is 0. The number of hydrogen-bond donors (Lipinski definition) is 6. The minimum atomic E-state index is -5.08. The van der Waals surface area contributed by atoms with Crippen LogP contribution in [-0.4, -0.2) is 285 Å². The number of carbonyl (C=O) groups is 6. The monoisotopic (exact) mass is 1290 g/mol. The molecular weight excluding hydrogens is 1210 g/mol. The van der Waals surface area contributed by atoms with Crippen molar-refractivity contribution in [1.29, 1.82) is 0 Å². The van der Waals surface area contributed by atoms with Gasteiger partial charge in [-0.3, -0.25) is 43.6 Å². The zero-order chi connectivity index (χ0) is 66.1. The van der Waals surface area contributed by atoms with Gasteiger partial charge in [-0.15, -0.1) is 0 Å². The van der Waals surface area contributed by atoms with Gasteiger partial charge in [0.05, 0.1) is 114 Å². The van der Waals surface area contributed by atoms with E-state index < -0.39 is 53.4 Å². The molecule has 5 rings (SSSR count). The molecule has 3 aromatic rings. The molecule has 0 bridgehead atoms. The molecule has 2 amide bonds. The van der Waals surface area contributed by atoms with Gasteiger partial charge in [0, 0.05) is 110 Å². The molecule has 0 unspecified atom stereocenters. The van der Waals surface area contributed by atoms with Crippen LogP contribution in [0.1, 0.15) is 55.4 Å². The van der Waals surface area contributed by atoms with E-state index in [0.717, 1.165) is 23.0 Å². The number of carboxylic acids is 4. The van der Waals surface area contributed by atoms with E-state index in [9.17, 15) is 65.6 Å². The summed E-state index contributed by atoms with van der Waals surface area (Å²) in [6.07, 6.45) is -6.99. The number of nitrogens with zero attached hydrogens (tertiary/aromatic N) is 9. The minimum absolute atomic E-state index is 0.00416. The summed E-state index contributed by atoms with van der Waals surface area (Å²) in [4.78, 5) is 93.8. The minimum Gasteiger partial charge on any atom is -0.480 e. The Morgan fingerprint density at radius 3 is 1.63 bits per heavy atom. The number of aliphatic carboxylic acids is 4. The number of anilines is 1. The van der Waals surface area contributed by atoms with Crippen molar-refractivity contribution in [2.45, 2.75) is 58.6 Å². The van der Waals surface area contributed by atoms with E-state index in [0.29, 0.717) is 123 Å². The van der Waals surface area contributed by atoms with Gasteiger partial charge in [-0.05, 0) is 63.6 Å². The fourth-order valence-electron chi connectivity index (χ4n) is 9.38. The Hall–Kier alpha value is -7.11. The number of carboxylic acid groups (broad SMARTS) is 4. The molecule has 2 saturated heterocycles. The first-order chi connectivity index (χ1) is 42.9. The summed E-state index contributed by atoms with van der Waals surface area (Å²) in [6.45, 7) is 12.4. The molecule has 0 saturated carbocycles. The number of piperazine rings is 1. The number of hydrogen-bond acceptors (Lipinski definition) is 21. The molecule has 0 spiro atoms. The van der Waals surface area contributed by atoms with Gasteiger partial charge in [0.25, 0.3) is 5.91 Å². The lowest BCUT2D eigenvalue weighted by Crippen LogP contribution is -2.55. The van der Waals surface area contributed by atoms with Gasteiger partial charge in [0.1, 0.15) is 0 Å². The summed E-state index contributed by atoms with van der Waals surface area (Å²) in [5.41, 5.74) is 1.16. The molecule has 6 N–H and O–H groups in total. The van der Waals surface area contributed by atoms with Crippen LogP contribution in [0.3, 0.4) is 0 Å². The molecule has 33 heteroatoms. The Balaban J connectivity index is 0.00000233. The first-order valence-corrected chi connectivity index (χ1v) is 29.4. The van der Waals surface area contributed by atoms with Gasteiger partial charge in [-0.1, -0.05) is 6.92 Å². The van der Waals surface area contributed by atoms with Crippen LogP contribution in [0.15, 0.2) is 42.6 Å². The highest BCUT2D eigenvalue weighted by atomic mass is 19.4. The molecule has 27 nitrogen and oxygen atoms in total.